The molecule has 1 rings (SSSR count). The molecule has 0 amide bonds. The van der Waals surface area contributed by atoms with E-state index < -0.39 is 0 Å². The largest absolute Gasteiger partial charge is 0.411 e. The molecule has 0 saturated heterocycles. The Morgan fingerprint density at radius 3 is 2.60 bits per heavy atom. The van der Waals surface area contributed by atoms with Gasteiger partial charge in [-0.25, -0.2) is 0 Å². The van der Waals surface area contributed by atoms with Gasteiger partial charge >= 0.3 is 0 Å². The Morgan fingerprint density at radius 2 is 2.00 bits per heavy atom. The van der Waals surface area contributed by atoms with E-state index in [0.29, 0.717) is 6.42 Å². The molecule has 0 aliphatic rings. The summed E-state index contributed by atoms with van der Waals surface area (Å²) in [6.45, 7) is 0. The predicted octanol–water partition coefficient (Wildman–Crippen LogP) is 1.69. The van der Waals surface area contributed by atoms with Crippen molar-refractivity contribution >= 4 is 6.21 Å². The van der Waals surface area contributed by atoms with E-state index in [9.17, 15) is 0 Å². The molecular formula is C8H9NO. The molecule has 1 aromatic rings. The first-order valence-corrected chi connectivity index (χ1v) is 3.13. The molecule has 1 aromatic carbocycles. The van der Waals surface area contributed by atoms with Gasteiger partial charge in [0.1, 0.15) is 0 Å². The Bertz CT molecular complexity index is 206. The van der Waals surface area contributed by atoms with Crippen LogP contribution in [0.4, 0.5) is 0 Å². The third-order valence-corrected chi connectivity index (χ3v) is 1.25. The topological polar surface area (TPSA) is 32.6 Å². The summed E-state index contributed by atoms with van der Waals surface area (Å²) in [6.07, 6.45) is 2.16. The maximum atomic E-state index is 8.10. The molecule has 10 heavy (non-hydrogen) atoms. The zero-order valence-corrected chi connectivity index (χ0v) is 5.57. The van der Waals surface area contributed by atoms with Crippen LogP contribution in [0, 0.1) is 0 Å². The van der Waals surface area contributed by atoms with E-state index in [1.165, 1.54) is 6.21 Å². The maximum Gasteiger partial charge on any atom is 0.0479 e. The fourth-order valence-corrected chi connectivity index (χ4v) is 0.760. The normalized spacial score (nSPS) is 10.4. The average Bonchev–Trinajstić information content (AvgIpc) is 2.03. The lowest BCUT2D eigenvalue weighted by Gasteiger charge is -1.90. The van der Waals surface area contributed by atoms with Crippen LogP contribution in [-0.2, 0) is 6.42 Å². The highest BCUT2D eigenvalue weighted by Crippen LogP contribution is 1.96. The molecule has 0 heterocycles. The average molecular weight is 135 g/mol. The van der Waals surface area contributed by atoms with Gasteiger partial charge in [-0.05, 0) is 5.56 Å². The van der Waals surface area contributed by atoms with Crippen molar-refractivity contribution < 1.29 is 5.21 Å². The van der Waals surface area contributed by atoms with E-state index in [4.69, 9.17) is 5.21 Å². The van der Waals surface area contributed by atoms with Crippen LogP contribution < -0.4 is 0 Å². The van der Waals surface area contributed by atoms with Gasteiger partial charge in [0.2, 0.25) is 0 Å². The van der Waals surface area contributed by atoms with Crippen LogP contribution in [0.5, 0.6) is 0 Å². The molecule has 2 nitrogen and oxygen atoms in total. The minimum absolute atomic E-state index is 0.692. The van der Waals surface area contributed by atoms with E-state index in [1.54, 1.807) is 0 Å². The third-order valence-electron chi connectivity index (χ3n) is 1.25. The van der Waals surface area contributed by atoms with Crippen LogP contribution >= 0.6 is 0 Å². The monoisotopic (exact) mass is 135 g/mol. The first kappa shape index (κ1) is 6.81. The van der Waals surface area contributed by atoms with Crippen LogP contribution in [0.15, 0.2) is 35.5 Å². The van der Waals surface area contributed by atoms with Gasteiger partial charge in [0.25, 0.3) is 0 Å². The van der Waals surface area contributed by atoms with Gasteiger partial charge in [-0.1, -0.05) is 30.3 Å². The fourth-order valence-electron chi connectivity index (χ4n) is 0.760. The van der Waals surface area contributed by atoms with Crippen molar-refractivity contribution in [1.82, 2.24) is 0 Å². The van der Waals surface area contributed by atoms with Crippen molar-refractivity contribution in [1.29, 1.82) is 0 Å². The van der Waals surface area contributed by atoms with E-state index in [-0.39, 0.29) is 0 Å². The second-order valence-corrected chi connectivity index (χ2v) is 1.99. The smallest absolute Gasteiger partial charge is 0.0479 e. The highest BCUT2D eigenvalue weighted by atomic mass is 16.4. The van der Waals surface area contributed by atoms with Crippen LogP contribution in [0.2, 0.25) is 0 Å². The van der Waals surface area contributed by atoms with E-state index in [0.717, 1.165) is 5.56 Å². The summed E-state index contributed by atoms with van der Waals surface area (Å²) >= 11 is 0. The van der Waals surface area contributed by atoms with Crippen molar-refractivity contribution in [3.05, 3.63) is 35.9 Å². The summed E-state index contributed by atoms with van der Waals surface area (Å²) in [5, 5.41) is 11.0. The molecular weight excluding hydrogens is 126 g/mol. The predicted molar refractivity (Wildman–Crippen MR) is 40.4 cm³/mol. The van der Waals surface area contributed by atoms with Gasteiger partial charge in [-0.2, -0.15) is 0 Å². The Morgan fingerprint density at radius 1 is 1.30 bits per heavy atom. The molecule has 0 bridgehead atoms. The number of rotatable bonds is 2. The molecule has 0 fully saturated rings. The van der Waals surface area contributed by atoms with Gasteiger partial charge in [0, 0.05) is 12.6 Å². The van der Waals surface area contributed by atoms with Gasteiger partial charge in [0.15, 0.2) is 0 Å². The van der Waals surface area contributed by atoms with Crippen molar-refractivity contribution in [2.24, 2.45) is 5.16 Å². The Balaban J connectivity index is 2.59. The van der Waals surface area contributed by atoms with Crippen molar-refractivity contribution in [2.45, 2.75) is 6.42 Å². The molecule has 0 spiro atoms. The first-order chi connectivity index (χ1) is 4.93. The molecule has 0 aliphatic heterocycles. The quantitative estimate of drug-likeness (QED) is 0.373. The Kier molecular flexibility index (Phi) is 2.49. The highest BCUT2D eigenvalue weighted by Gasteiger charge is 1.84. The maximum absolute atomic E-state index is 8.10. The third kappa shape index (κ3) is 1.90. The van der Waals surface area contributed by atoms with Gasteiger partial charge < -0.3 is 5.21 Å². The molecule has 0 unspecified atom stereocenters. The van der Waals surface area contributed by atoms with Crippen LogP contribution in [0.3, 0.4) is 0 Å². The number of benzene rings is 1. The zero-order chi connectivity index (χ0) is 7.23. The molecule has 0 radical (unpaired) electrons. The van der Waals surface area contributed by atoms with Crippen LogP contribution in [-0.4, -0.2) is 11.4 Å². The van der Waals surface area contributed by atoms with Crippen LogP contribution in [0.25, 0.3) is 0 Å². The summed E-state index contributed by atoms with van der Waals surface area (Å²) in [4.78, 5) is 0. The van der Waals surface area contributed by atoms with Crippen molar-refractivity contribution in [3.63, 3.8) is 0 Å². The minimum atomic E-state index is 0.692. The molecule has 0 aromatic heterocycles. The number of hydrogen-bond donors (Lipinski definition) is 1. The molecule has 0 saturated carbocycles. The standard InChI is InChI=1S/C8H9NO/c10-9-7-6-8-4-2-1-3-5-8/h1-5,7,10H,6H2/b9-7+. The SMILES string of the molecule is O/N=C/Cc1ccccc1. The van der Waals surface area contributed by atoms with Crippen molar-refractivity contribution in [2.75, 3.05) is 0 Å². The molecule has 52 valence electrons. The molecule has 1 N–H and O–H groups in total. The van der Waals surface area contributed by atoms with Gasteiger partial charge in [-0.15, -0.1) is 5.16 Å². The second kappa shape index (κ2) is 3.67. The summed E-state index contributed by atoms with van der Waals surface area (Å²) in [5.41, 5.74) is 1.15. The lowest BCUT2D eigenvalue weighted by atomic mass is 10.2. The second-order valence-electron chi connectivity index (χ2n) is 1.99. The van der Waals surface area contributed by atoms with Gasteiger partial charge in [-0.3, -0.25) is 0 Å². The lowest BCUT2D eigenvalue weighted by molar-refractivity contribution is 0.321. The molecule has 0 atom stereocenters. The fraction of sp³-hybridized carbons (Fsp3) is 0.125. The summed E-state index contributed by atoms with van der Waals surface area (Å²) in [7, 11) is 0. The summed E-state index contributed by atoms with van der Waals surface area (Å²) < 4.78 is 0. The summed E-state index contributed by atoms with van der Waals surface area (Å²) in [5.74, 6) is 0. The molecule has 0 aliphatic carbocycles. The first-order valence-electron chi connectivity index (χ1n) is 3.13. The zero-order valence-electron chi connectivity index (χ0n) is 5.57. The van der Waals surface area contributed by atoms with E-state index in [1.807, 2.05) is 30.3 Å². The number of oxime groups is 1. The lowest BCUT2D eigenvalue weighted by Crippen LogP contribution is -1.83. The molecule has 2 heteroatoms. The van der Waals surface area contributed by atoms with Crippen molar-refractivity contribution in [3.8, 4) is 0 Å². The summed E-state index contributed by atoms with van der Waals surface area (Å²) in [6, 6.07) is 9.85. The number of nitrogens with zero attached hydrogens (tertiary/aromatic N) is 1. The Hall–Kier alpha value is -1.31. The number of hydrogen-bond acceptors (Lipinski definition) is 2. The van der Waals surface area contributed by atoms with E-state index >= 15 is 0 Å². The minimum Gasteiger partial charge on any atom is -0.411 e. The van der Waals surface area contributed by atoms with E-state index in [2.05, 4.69) is 5.16 Å². The Labute approximate surface area is 59.8 Å². The highest BCUT2D eigenvalue weighted by molar-refractivity contribution is 5.60. The van der Waals surface area contributed by atoms with Gasteiger partial charge in [0.05, 0.1) is 0 Å². The van der Waals surface area contributed by atoms with Crippen LogP contribution in [0.1, 0.15) is 5.56 Å².